The van der Waals surface area contributed by atoms with Crippen molar-refractivity contribution in [3.8, 4) is 0 Å². The van der Waals surface area contributed by atoms with Crippen LogP contribution < -0.4 is 10.6 Å². The fraction of sp³-hybridized carbons (Fsp3) is 0.857. The molecule has 130 valence electrons. The topological polar surface area (TPSA) is 126 Å². The Kier molecular flexibility index (Phi) is 4.30. The molecule has 0 aromatic rings. The fourth-order valence-corrected chi connectivity index (χ4v) is 3.50. The molecule has 3 aliphatic rings. The van der Waals surface area contributed by atoms with Gasteiger partial charge in [-0.3, -0.25) is 9.59 Å². The van der Waals surface area contributed by atoms with E-state index in [0.29, 0.717) is 0 Å². The van der Waals surface area contributed by atoms with E-state index < -0.39 is 54.4 Å². The first-order chi connectivity index (χ1) is 10.8. The zero-order valence-corrected chi connectivity index (χ0v) is 13.2. The Balaban J connectivity index is 1.94. The van der Waals surface area contributed by atoms with Crippen molar-refractivity contribution < 1.29 is 34.0 Å². The van der Waals surface area contributed by atoms with Crippen molar-refractivity contribution in [2.24, 2.45) is 0 Å². The molecule has 2 heterocycles. The lowest BCUT2D eigenvalue weighted by Crippen LogP contribution is -2.76. The number of ketones is 2. The molecular weight excluding hydrogens is 308 g/mol. The van der Waals surface area contributed by atoms with Crippen molar-refractivity contribution in [2.75, 3.05) is 14.1 Å². The van der Waals surface area contributed by atoms with Gasteiger partial charge in [-0.15, -0.1) is 0 Å². The summed E-state index contributed by atoms with van der Waals surface area (Å²) in [7, 11) is 3.12. The van der Waals surface area contributed by atoms with Gasteiger partial charge in [0.15, 0.2) is 11.6 Å². The SMILES string of the molecule is CN[C@@H]1C(=O)[C@H](NC)[C@H]2O[C@@]3(O)C(=O)C[C@@H](C)O[C@H]3O[C@@H]2[C@H]1O. The standard InChI is InChI=1S/C14H22N2O7/c1-5-4-6(17)14(20)13(21-5)22-12-10(19)7(15-2)9(18)8(16-3)11(12)23-14/h5,7-8,10-13,15-16,19-20H,4H2,1-3H3/t5-,7-,8+,10+,11-,12-,13+,14+/m1/s1. The average Bonchev–Trinajstić information content (AvgIpc) is 2.49. The predicted octanol–water partition coefficient (Wildman–Crippen LogP) is -2.72. The summed E-state index contributed by atoms with van der Waals surface area (Å²) < 4.78 is 16.7. The van der Waals surface area contributed by atoms with E-state index in [1.165, 1.54) is 0 Å². The largest absolute Gasteiger partial charge is 0.388 e. The lowest BCUT2D eigenvalue weighted by molar-refractivity contribution is -0.413. The van der Waals surface area contributed by atoms with E-state index in [2.05, 4.69) is 10.6 Å². The van der Waals surface area contributed by atoms with Crippen molar-refractivity contribution in [1.29, 1.82) is 0 Å². The number of likely N-dealkylation sites (N-methyl/N-ethyl adjacent to an activating group) is 2. The molecule has 3 rings (SSSR count). The summed E-state index contributed by atoms with van der Waals surface area (Å²) in [4.78, 5) is 24.6. The second kappa shape index (κ2) is 5.85. The Morgan fingerprint density at radius 2 is 1.78 bits per heavy atom. The van der Waals surface area contributed by atoms with Crippen molar-refractivity contribution >= 4 is 11.6 Å². The summed E-state index contributed by atoms with van der Waals surface area (Å²) in [5.74, 6) is -3.16. The van der Waals surface area contributed by atoms with Gasteiger partial charge in [0.25, 0.3) is 5.79 Å². The van der Waals surface area contributed by atoms with Gasteiger partial charge in [0, 0.05) is 6.42 Å². The molecule has 9 nitrogen and oxygen atoms in total. The van der Waals surface area contributed by atoms with Gasteiger partial charge >= 0.3 is 0 Å². The van der Waals surface area contributed by atoms with Gasteiger partial charge in [-0.05, 0) is 21.0 Å². The average molecular weight is 330 g/mol. The summed E-state index contributed by atoms with van der Waals surface area (Å²) in [6.45, 7) is 1.68. The van der Waals surface area contributed by atoms with Gasteiger partial charge in [0.05, 0.1) is 18.2 Å². The quantitative estimate of drug-likeness (QED) is 0.427. The van der Waals surface area contributed by atoms with E-state index in [0.717, 1.165) is 0 Å². The molecule has 9 heteroatoms. The van der Waals surface area contributed by atoms with Gasteiger partial charge in [0.2, 0.25) is 6.29 Å². The van der Waals surface area contributed by atoms with Gasteiger partial charge in [0.1, 0.15) is 18.3 Å². The summed E-state index contributed by atoms with van der Waals surface area (Å²) >= 11 is 0. The highest BCUT2D eigenvalue weighted by Crippen LogP contribution is 2.39. The normalized spacial score (nSPS) is 50.4. The summed E-state index contributed by atoms with van der Waals surface area (Å²) in [6.07, 6.45) is -4.91. The number of Topliss-reactive ketones (excluding diaryl/α,β-unsaturated/α-hetero) is 2. The highest BCUT2D eigenvalue weighted by molar-refractivity contribution is 5.92. The van der Waals surface area contributed by atoms with Crippen LogP contribution in [0.5, 0.6) is 0 Å². The lowest BCUT2D eigenvalue weighted by atomic mass is 9.81. The van der Waals surface area contributed by atoms with Crippen LogP contribution in [0.2, 0.25) is 0 Å². The molecule has 23 heavy (non-hydrogen) atoms. The minimum Gasteiger partial charge on any atom is -0.388 e. The smallest absolute Gasteiger partial charge is 0.280 e. The van der Waals surface area contributed by atoms with Crippen molar-refractivity contribution in [3.05, 3.63) is 0 Å². The van der Waals surface area contributed by atoms with E-state index >= 15 is 0 Å². The number of aliphatic hydroxyl groups is 2. The lowest BCUT2D eigenvalue weighted by Gasteiger charge is -2.53. The maximum atomic E-state index is 12.4. The van der Waals surface area contributed by atoms with E-state index in [-0.39, 0.29) is 12.2 Å². The Labute approximate surface area is 133 Å². The third-order valence-corrected chi connectivity index (χ3v) is 4.71. The predicted molar refractivity (Wildman–Crippen MR) is 75.4 cm³/mol. The Hall–Kier alpha value is -0.940. The highest BCUT2D eigenvalue weighted by Gasteiger charge is 2.63. The van der Waals surface area contributed by atoms with Crippen molar-refractivity contribution in [3.63, 3.8) is 0 Å². The molecule has 3 fully saturated rings. The molecule has 1 aliphatic carbocycles. The first kappa shape index (κ1) is 16.9. The van der Waals surface area contributed by atoms with Crippen LogP contribution in [-0.4, -0.2) is 84.5 Å². The third-order valence-electron chi connectivity index (χ3n) is 4.71. The molecule has 2 saturated heterocycles. The van der Waals surface area contributed by atoms with Crippen LogP contribution in [-0.2, 0) is 23.8 Å². The molecule has 0 aromatic heterocycles. The van der Waals surface area contributed by atoms with Crippen LogP contribution in [0.1, 0.15) is 13.3 Å². The summed E-state index contributed by atoms with van der Waals surface area (Å²) in [5.41, 5.74) is 0. The zero-order chi connectivity index (χ0) is 16.9. The Morgan fingerprint density at radius 1 is 1.13 bits per heavy atom. The van der Waals surface area contributed by atoms with E-state index in [4.69, 9.17) is 14.2 Å². The third kappa shape index (κ3) is 2.43. The number of hydrogen-bond acceptors (Lipinski definition) is 9. The monoisotopic (exact) mass is 330 g/mol. The molecule has 0 radical (unpaired) electrons. The van der Waals surface area contributed by atoms with Gasteiger partial charge in [-0.2, -0.15) is 0 Å². The number of nitrogens with one attached hydrogen (secondary N) is 2. The maximum Gasteiger partial charge on any atom is 0.280 e. The second-order valence-electron chi connectivity index (χ2n) is 6.21. The van der Waals surface area contributed by atoms with Gasteiger partial charge in [-0.1, -0.05) is 0 Å². The van der Waals surface area contributed by atoms with E-state index in [1.807, 2.05) is 0 Å². The molecular formula is C14H22N2O7. The first-order valence-corrected chi connectivity index (χ1v) is 7.64. The second-order valence-corrected chi connectivity index (χ2v) is 6.21. The van der Waals surface area contributed by atoms with Crippen LogP contribution in [0.4, 0.5) is 0 Å². The highest BCUT2D eigenvalue weighted by atomic mass is 16.8. The zero-order valence-electron chi connectivity index (χ0n) is 13.2. The summed E-state index contributed by atoms with van der Waals surface area (Å²) in [6, 6.07) is -1.68. The van der Waals surface area contributed by atoms with Gasteiger partial charge < -0.3 is 35.1 Å². The molecule has 0 amide bonds. The molecule has 0 aromatic carbocycles. The number of fused-ring (bicyclic) bond motifs is 2. The van der Waals surface area contributed by atoms with Crippen LogP contribution in [0.3, 0.4) is 0 Å². The molecule has 0 spiro atoms. The number of hydrogen-bond donors (Lipinski definition) is 4. The first-order valence-electron chi connectivity index (χ1n) is 7.64. The fourth-order valence-electron chi connectivity index (χ4n) is 3.50. The molecule has 2 aliphatic heterocycles. The molecule has 0 bridgehead atoms. The van der Waals surface area contributed by atoms with Crippen molar-refractivity contribution in [1.82, 2.24) is 10.6 Å². The van der Waals surface area contributed by atoms with Crippen LogP contribution in [0.25, 0.3) is 0 Å². The van der Waals surface area contributed by atoms with Crippen molar-refractivity contribution in [2.45, 2.75) is 61.9 Å². The summed E-state index contributed by atoms with van der Waals surface area (Å²) in [5, 5.41) is 26.5. The number of carbonyl (C=O) groups excluding carboxylic acids is 2. The number of ether oxygens (including phenoxy) is 3. The number of carbonyl (C=O) groups is 2. The van der Waals surface area contributed by atoms with Crippen LogP contribution in [0, 0.1) is 0 Å². The Bertz CT molecular complexity index is 515. The number of rotatable bonds is 2. The van der Waals surface area contributed by atoms with Gasteiger partial charge in [-0.25, -0.2) is 0 Å². The molecule has 4 N–H and O–H groups in total. The minimum absolute atomic E-state index is 0.0202. The van der Waals surface area contributed by atoms with Crippen LogP contribution in [0.15, 0.2) is 0 Å². The van der Waals surface area contributed by atoms with E-state index in [1.54, 1.807) is 21.0 Å². The van der Waals surface area contributed by atoms with E-state index in [9.17, 15) is 19.8 Å². The van der Waals surface area contributed by atoms with Crippen LogP contribution >= 0.6 is 0 Å². The molecule has 8 atom stereocenters. The minimum atomic E-state index is -2.27. The number of aliphatic hydroxyl groups excluding tert-OH is 1. The molecule has 1 saturated carbocycles. The maximum absolute atomic E-state index is 12.4. The molecule has 0 unspecified atom stereocenters. The Morgan fingerprint density at radius 3 is 2.39 bits per heavy atom.